The average Bonchev–Trinajstić information content (AvgIpc) is 3.00. The SMILES string of the molecule is Cc1ccn(-c2cnc(N)c(OC(C)c3c(F)ccc(F)c3Cl)c2)n1. The molecule has 0 spiro atoms. The first-order valence-corrected chi connectivity index (χ1v) is 7.83. The van der Waals surface area contributed by atoms with Crippen LogP contribution in [0.1, 0.15) is 24.3 Å². The molecule has 1 atom stereocenters. The molecule has 0 aliphatic rings. The molecule has 0 aliphatic carbocycles. The molecule has 8 heteroatoms. The Morgan fingerprint density at radius 2 is 1.96 bits per heavy atom. The molecule has 5 nitrogen and oxygen atoms in total. The lowest BCUT2D eigenvalue weighted by molar-refractivity contribution is 0.221. The maximum atomic E-state index is 14.0. The van der Waals surface area contributed by atoms with Crippen LogP contribution in [-0.4, -0.2) is 14.8 Å². The number of benzene rings is 1. The first-order chi connectivity index (χ1) is 11.9. The molecular formula is C17H15ClF2N4O. The van der Waals surface area contributed by atoms with Crippen LogP contribution in [-0.2, 0) is 0 Å². The van der Waals surface area contributed by atoms with Gasteiger partial charge in [0.05, 0.1) is 22.6 Å². The highest BCUT2D eigenvalue weighted by molar-refractivity contribution is 6.31. The standard InChI is InChI=1S/C17H15ClF2N4O/c1-9-5-6-24(23-9)11-7-14(17(21)22-8-11)25-10(2)15-12(19)3-4-13(20)16(15)18/h3-8,10H,1-2H3,(H2,21,22). The van der Waals surface area contributed by atoms with Crippen LogP contribution in [0.15, 0.2) is 36.7 Å². The van der Waals surface area contributed by atoms with Crippen LogP contribution in [0.4, 0.5) is 14.6 Å². The van der Waals surface area contributed by atoms with Gasteiger partial charge in [-0.3, -0.25) is 0 Å². The molecule has 3 rings (SSSR count). The Balaban J connectivity index is 1.94. The molecule has 130 valence electrons. The summed E-state index contributed by atoms with van der Waals surface area (Å²) in [5.41, 5.74) is 7.21. The molecule has 0 bridgehead atoms. The fourth-order valence-corrected chi connectivity index (χ4v) is 2.70. The minimum Gasteiger partial charge on any atom is -0.482 e. The van der Waals surface area contributed by atoms with E-state index >= 15 is 0 Å². The topological polar surface area (TPSA) is 66.0 Å². The minimum absolute atomic E-state index is 0.0820. The third kappa shape index (κ3) is 3.41. The zero-order valence-electron chi connectivity index (χ0n) is 13.5. The number of rotatable bonds is 4. The van der Waals surface area contributed by atoms with E-state index in [0.717, 1.165) is 17.8 Å². The van der Waals surface area contributed by atoms with Crippen molar-refractivity contribution in [2.75, 3.05) is 5.73 Å². The number of pyridine rings is 1. The molecule has 0 fully saturated rings. The van der Waals surface area contributed by atoms with E-state index in [1.165, 1.54) is 6.20 Å². The van der Waals surface area contributed by atoms with Crippen molar-refractivity contribution in [2.24, 2.45) is 0 Å². The predicted molar refractivity (Wildman–Crippen MR) is 90.9 cm³/mol. The van der Waals surface area contributed by atoms with E-state index in [1.54, 1.807) is 23.9 Å². The molecule has 0 saturated heterocycles. The molecule has 1 aromatic carbocycles. The van der Waals surface area contributed by atoms with Gasteiger partial charge in [0.25, 0.3) is 0 Å². The lowest BCUT2D eigenvalue weighted by Crippen LogP contribution is -2.10. The molecule has 0 aliphatic heterocycles. The van der Waals surface area contributed by atoms with Gasteiger partial charge in [0.2, 0.25) is 0 Å². The molecule has 0 saturated carbocycles. The van der Waals surface area contributed by atoms with Crippen LogP contribution in [0.2, 0.25) is 5.02 Å². The first-order valence-electron chi connectivity index (χ1n) is 7.45. The quantitative estimate of drug-likeness (QED) is 0.703. The van der Waals surface area contributed by atoms with Crippen molar-refractivity contribution in [3.05, 3.63) is 64.6 Å². The fourth-order valence-electron chi connectivity index (χ4n) is 2.39. The maximum absolute atomic E-state index is 14.0. The molecule has 3 aromatic rings. The van der Waals surface area contributed by atoms with E-state index in [0.29, 0.717) is 5.69 Å². The van der Waals surface area contributed by atoms with Crippen LogP contribution in [0.25, 0.3) is 5.69 Å². The van der Waals surface area contributed by atoms with E-state index in [1.807, 2.05) is 13.0 Å². The second kappa shape index (κ2) is 6.68. The lowest BCUT2D eigenvalue weighted by atomic mass is 10.1. The summed E-state index contributed by atoms with van der Waals surface area (Å²) in [7, 11) is 0. The summed E-state index contributed by atoms with van der Waals surface area (Å²) in [4.78, 5) is 4.06. The van der Waals surface area contributed by atoms with Gasteiger partial charge in [0.1, 0.15) is 17.7 Å². The van der Waals surface area contributed by atoms with E-state index in [-0.39, 0.29) is 22.2 Å². The van der Waals surface area contributed by atoms with Crippen LogP contribution < -0.4 is 10.5 Å². The summed E-state index contributed by atoms with van der Waals surface area (Å²) in [6, 6.07) is 5.42. The number of nitrogens with two attached hydrogens (primary N) is 1. The smallest absolute Gasteiger partial charge is 0.166 e. The van der Waals surface area contributed by atoms with Gasteiger partial charge in [-0.05, 0) is 32.0 Å². The van der Waals surface area contributed by atoms with Crippen LogP contribution in [0, 0.1) is 18.6 Å². The molecule has 0 amide bonds. The van der Waals surface area contributed by atoms with Gasteiger partial charge >= 0.3 is 0 Å². The van der Waals surface area contributed by atoms with Crippen molar-refractivity contribution in [3.63, 3.8) is 0 Å². The summed E-state index contributed by atoms with van der Waals surface area (Å²) in [6.45, 7) is 3.41. The zero-order chi connectivity index (χ0) is 18.1. The predicted octanol–water partition coefficient (Wildman–Crippen LogP) is 4.23. The molecule has 2 heterocycles. The van der Waals surface area contributed by atoms with Gasteiger partial charge in [-0.15, -0.1) is 0 Å². The summed E-state index contributed by atoms with van der Waals surface area (Å²) >= 11 is 5.87. The van der Waals surface area contributed by atoms with Crippen LogP contribution >= 0.6 is 11.6 Å². The Hall–Kier alpha value is -2.67. The Bertz CT molecular complexity index is 929. The molecular weight excluding hydrogens is 350 g/mol. The molecule has 0 radical (unpaired) electrons. The highest BCUT2D eigenvalue weighted by atomic mass is 35.5. The van der Waals surface area contributed by atoms with Crippen molar-refractivity contribution >= 4 is 17.4 Å². The number of nitrogens with zero attached hydrogens (tertiary/aromatic N) is 3. The van der Waals surface area contributed by atoms with Crippen LogP contribution in [0.5, 0.6) is 5.75 Å². The van der Waals surface area contributed by atoms with E-state index in [4.69, 9.17) is 22.1 Å². The number of aryl methyl sites for hydroxylation is 1. The number of ether oxygens (including phenoxy) is 1. The maximum Gasteiger partial charge on any atom is 0.166 e. The monoisotopic (exact) mass is 364 g/mol. The summed E-state index contributed by atoms with van der Waals surface area (Å²) in [5, 5.41) is 3.96. The second-order valence-electron chi connectivity index (χ2n) is 5.50. The van der Waals surface area contributed by atoms with E-state index in [2.05, 4.69) is 10.1 Å². The Labute approximate surface area is 148 Å². The summed E-state index contributed by atoms with van der Waals surface area (Å²) in [5.74, 6) is -1.05. The third-order valence-electron chi connectivity index (χ3n) is 3.64. The Kier molecular flexibility index (Phi) is 4.59. The number of hydrogen-bond donors (Lipinski definition) is 1. The third-order valence-corrected chi connectivity index (χ3v) is 4.03. The minimum atomic E-state index is -0.873. The summed E-state index contributed by atoms with van der Waals surface area (Å²) in [6.07, 6.45) is 2.43. The van der Waals surface area contributed by atoms with Gasteiger partial charge in [-0.25, -0.2) is 18.4 Å². The average molecular weight is 365 g/mol. The van der Waals surface area contributed by atoms with Crippen LogP contribution in [0.3, 0.4) is 0 Å². The Morgan fingerprint density at radius 3 is 2.64 bits per heavy atom. The molecule has 25 heavy (non-hydrogen) atoms. The number of halogens is 3. The molecule has 2 aromatic heterocycles. The van der Waals surface area contributed by atoms with Crippen molar-refractivity contribution < 1.29 is 13.5 Å². The highest BCUT2D eigenvalue weighted by Gasteiger charge is 2.21. The first kappa shape index (κ1) is 17.2. The molecule has 1 unspecified atom stereocenters. The number of nitrogen functional groups attached to an aromatic ring is 1. The van der Waals surface area contributed by atoms with Gasteiger partial charge < -0.3 is 10.5 Å². The largest absolute Gasteiger partial charge is 0.482 e. The van der Waals surface area contributed by atoms with Crippen molar-refractivity contribution in [1.29, 1.82) is 0 Å². The van der Waals surface area contributed by atoms with E-state index in [9.17, 15) is 8.78 Å². The normalized spacial score (nSPS) is 12.2. The molecule has 2 N–H and O–H groups in total. The number of hydrogen-bond acceptors (Lipinski definition) is 4. The van der Waals surface area contributed by atoms with Gasteiger partial charge in [-0.1, -0.05) is 11.6 Å². The number of aromatic nitrogens is 3. The van der Waals surface area contributed by atoms with Crippen molar-refractivity contribution in [2.45, 2.75) is 20.0 Å². The van der Waals surface area contributed by atoms with Crippen molar-refractivity contribution in [1.82, 2.24) is 14.8 Å². The van der Waals surface area contributed by atoms with E-state index < -0.39 is 17.7 Å². The van der Waals surface area contributed by atoms with Gasteiger partial charge in [0.15, 0.2) is 11.6 Å². The van der Waals surface area contributed by atoms with Gasteiger partial charge in [0, 0.05) is 17.8 Å². The summed E-state index contributed by atoms with van der Waals surface area (Å²) < 4.78 is 35.0. The number of anilines is 1. The Morgan fingerprint density at radius 1 is 1.24 bits per heavy atom. The zero-order valence-corrected chi connectivity index (χ0v) is 14.3. The fraction of sp³-hybridized carbons (Fsp3) is 0.176. The van der Waals surface area contributed by atoms with Crippen molar-refractivity contribution in [3.8, 4) is 11.4 Å². The second-order valence-corrected chi connectivity index (χ2v) is 5.87. The highest BCUT2D eigenvalue weighted by Crippen LogP contribution is 2.33. The van der Waals surface area contributed by atoms with Gasteiger partial charge in [-0.2, -0.15) is 5.10 Å². The lowest BCUT2D eigenvalue weighted by Gasteiger charge is -2.18.